The van der Waals surface area contributed by atoms with Crippen molar-refractivity contribution >= 4 is 5.97 Å². The summed E-state index contributed by atoms with van der Waals surface area (Å²) in [4.78, 5) is 14.6. The van der Waals surface area contributed by atoms with Crippen molar-refractivity contribution in [2.24, 2.45) is 0 Å². The SMILES string of the molecule is O=C(O)Cc1ncccc1-n1cnnn1. The Balaban J connectivity index is 2.42. The zero-order valence-corrected chi connectivity index (χ0v) is 7.61. The molecule has 1 N–H and O–H groups in total. The Kier molecular flexibility index (Phi) is 2.36. The predicted octanol–water partition coefficient (Wildman–Crippen LogP) is -0.316. The Morgan fingerprint density at radius 2 is 2.40 bits per heavy atom. The van der Waals surface area contributed by atoms with E-state index in [1.165, 1.54) is 17.2 Å². The van der Waals surface area contributed by atoms with Gasteiger partial charge in [0.2, 0.25) is 0 Å². The van der Waals surface area contributed by atoms with Gasteiger partial charge in [0.25, 0.3) is 0 Å². The Labute approximate surface area is 84.4 Å². The fraction of sp³-hybridized carbons (Fsp3) is 0.125. The Morgan fingerprint density at radius 3 is 3.07 bits per heavy atom. The van der Waals surface area contributed by atoms with Crippen LogP contribution in [0.2, 0.25) is 0 Å². The third-order valence-electron chi connectivity index (χ3n) is 1.78. The lowest BCUT2D eigenvalue weighted by molar-refractivity contribution is -0.136. The van der Waals surface area contributed by atoms with Gasteiger partial charge in [0.1, 0.15) is 6.33 Å². The first-order valence-electron chi connectivity index (χ1n) is 4.16. The molecule has 0 radical (unpaired) electrons. The number of carbonyl (C=O) groups is 1. The van der Waals surface area contributed by atoms with Gasteiger partial charge in [0.15, 0.2) is 0 Å². The minimum absolute atomic E-state index is 0.157. The second kappa shape index (κ2) is 3.82. The minimum atomic E-state index is -0.942. The molecule has 2 heterocycles. The molecule has 0 bridgehead atoms. The molecule has 2 aromatic heterocycles. The molecule has 76 valence electrons. The van der Waals surface area contributed by atoms with Crippen molar-refractivity contribution in [3.05, 3.63) is 30.4 Å². The van der Waals surface area contributed by atoms with Gasteiger partial charge in [-0.2, -0.15) is 4.68 Å². The molecule has 2 aromatic rings. The Morgan fingerprint density at radius 1 is 1.53 bits per heavy atom. The molecule has 0 aliphatic heterocycles. The van der Waals surface area contributed by atoms with Crippen molar-refractivity contribution in [3.8, 4) is 5.69 Å². The fourth-order valence-electron chi connectivity index (χ4n) is 1.19. The summed E-state index contributed by atoms with van der Waals surface area (Å²) in [6, 6.07) is 3.41. The number of aromatic nitrogens is 5. The summed E-state index contributed by atoms with van der Waals surface area (Å²) in [6.07, 6.45) is 2.77. The molecule has 15 heavy (non-hydrogen) atoms. The largest absolute Gasteiger partial charge is 0.481 e. The number of carboxylic acids is 1. The molecule has 0 atom stereocenters. The van der Waals surface area contributed by atoms with Crippen molar-refractivity contribution in [2.75, 3.05) is 0 Å². The van der Waals surface area contributed by atoms with Gasteiger partial charge in [-0.15, -0.1) is 5.10 Å². The van der Waals surface area contributed by atoms with E-state index in [9.17, 15) is 4.79 Å². The van der Waals surface area contributed by atoms with Crippen LogP contribution in [0.3, 0.4) is 0 Å². The maximum Gasteiger partial charge on any atom is 0.309 e. The van der Waals surface area contributed by atoms with E-state index in [-0.39, 0.29) is 6.42 Å². The summed E-state index contributed by atoms with van der Waals surface area (Å²) in [5.74, 6) is -0.942. The molecule has 0 saturated carbocycles. The molecule has 7 nitrogen and oxygen atoms in total. The molecule has 0 unspecified atom stereocenters. The normalized spacial score (nSPS) is 10.1. The van der Waals surface area contributed by atoms with Gasteiger partial charge in [-0.1, -0.05) is 0 Å². The van der Waals surface area contributed by atoms with Crippen LogP contribution in [0.25, 0.3) is 5.69 Å². The molecule has 0 fully saturated rings. The maximum atomic E-state index is 10.6. The molecule has 0 spiro atoms. The number of nitrogens with zero attached hydrogens (tertiary/aromatic N) is 5. The quantitative estimate of drug-likeness (QED) is 0.738. The summed E-state index contributed by atoms with van der Waals surface area (Å²) in [5, 5.41) is 19.3. The van der Waals surface area contributed by atoms with E-state index >= 15 is 0 Å². The van der Waals surface area contributed by atoms with E-state index in [1.54, 1.807) is 12.1 Å². The van der Waals surface area contributed by atoms with Crippen LogP contribution in [0.5, 0.6) is 0 Å². The van der Waals surface area contributed by atoms with Crippen LogP contribution in [0, 0.1) is 0 Å². The monoisotopic (exact) mass is 205 g/mol. The lowest BCUT2D eigenvalue weighted by Crippen LogP contribution is -2.08. The average molecular weight is 205 g/mol. The van der Waals surface area contributed by atoms with Crippen molar-refractivity contribution in [3.63, 3.8) is 0 Å². The van der Waals surface area contributed by atoms with Gasteiger partial charge in [-0.3, -0.25) is 9.78 Å². The van der Waals surface area contributed by atoms with Crippen LogP contribution in [0.1, 0.15) is 5.69 Å². The molecular weight excluding hydrogens is 198 g/mol. The van der Waals surface area contributed by atoms with Crippen LogP contribution in [-0.4, -0.2) is 36.3 Å². The smallest absolute Gasteiger partial charge is 0.309 e. The van der Waals surface area contributed by atoms with Gasteiger partial charge in [0.05, 0.1) is 17.8 Å². The third-order valence-corrected chi connectivity index (χ3v) is 1.78. The van der Waals surface area contributed by atoms with Gasteiger partial charge in [-0.05, 0) is 22.6 Å². The first-order chi connectivity index (χ1) is 7.27. The van der Waals surface area contributed by atoms with E-state index in [0.29, 0.717) is 11.4 Å². The number of pyridine rings is 1. The highest BCUT2D eigenvalue weighted by Gasteiger charge is 2.09. The number of aliphatic carboxylic acids is 1. The van der Waals surface area contributed by atoms with Gasteiger partial charge < -0.3 is 5.11 Å². The highest BCUT2D eigenvalue weighted by Crippen LogP contribution is 2.09. The van der Waals surface area contributed by atoms with Gasteiger partial charge >= 0.3 is 5.97 Å². The summed E-state index contributed by atoms with van der Waals surface area (Å²) < 4.78 is 1.38. The Hall–Kier alpha value is -2.31. The minimum Gasteiger partial charge on any atom is -0.481 e. The van der Waals surface area contributed by atoms with Gasteiger partial charge in [-0.25, -0.2) is 0 Å². The van der Waals surface area contributed by atoms with Crippen LogP contribution < -0.4 is 0 Å². The van der Waals surface area contributed by atoms with E-state index in [1.807, 2.05) is 0 Å². The molecule has 0 amide bonds. The molecule has 0 aliphatic carbocycles. The highest BCUT2D eigenvalue weighted by molar-refractivity contribution is 5.70. The zero-order valence-electron chi connectivity index (χ0n) is 7.61. The highest BCUT2D eigenvalue weighted by atomic mass is 16.4. The lowest BCUT2D eigenvalue weighted by atomic mass is 10.2. The van der Waals surface area contributed by atoms with E-state index < -0.39 is 5.97 Å². The molecular formula is C8H7N5O2. The lowest BCUT2D eigenvalue weighted by Gasteiger charge is -2.03. The van der Waals surface area contributed by atoms with E-state index in [0.717, 1.165) is 0 Å². The number of hydrogen-bond acceptors (Lipinski definition) is 5. The van der Waals surface area contributed by atoms with Crippen molar-refractivity contribution < 1.29 is 9.90 Å². The molecule has 7 heteroatoms. The number of tetrazole rings is 1. The van der Waals surface area contributed by atoms with Crippen LogP contribution in [0.15, 0.2) is 24.7 Å². The summed E-state index contributed by atoms with van der Waals surface area (Å²) >= 11 is 0. The van der Waals surface area contributed by atoms with Crippen LogP contribution in [0.4, 0.5) is 0 Å². The summed E-state index contributed by atoms with van der Waals surface area (Å²) in [6.45, 7) is 0. The third kappa shape index (κ3) is 1.96. The number of hydrogen-bond donors (Lipinski definition) is 1. The molecule has 0 aliphatic rings. The van der Waals surface area contributed by atoms with Crippen molar-refractivity contribution in [1.29, 1.82) is 0 Å². The average Bonchev–Trinajstić information content (AvgIpc) is 2.70. The summed E-state index contributed by atoms with van der Waals surface area (Å²) in [7, 11) is 0. The van der Waals surface area contributed by atoms with Crippen LogP contribution in [-0.2, 0) is 11.2 Å². The number of carboxylic acid groups (broad SMARTS) is 1. The van der Waals surface area contributed by atoms with Crippen molar-refractivity contribution in [2.45, 2.75) is 6.42 Å². The van der Waals surface area contributed by atoms with E-state index in [4.69, 9.17) is 5.11 Å². The standard InChI is InChI=1S/C8H7N5O2/c14-8(15)4-6-7(2-1-3-9-6)13-5-10-11-12-13/h1-3,5H,4H2,(H,14,15). The Bertz CT molecular complexity index is 468. The molecule has 0 saturated heterocycles. The fourth-order valence-corrected chi connectivity index (χ4v) is 1.19. The summed E-state index contributed by atoms with van der Waals surface area (Å²) in [5.41, 5.74) is 1.00. The van der Waals surface area contributed by atoms with Crippen molar-refractivity contribution in [1.82, 2.24) is 25.2 Å². The topological polar surface area (TPSA) is 93.8 Å². The molecule has 0 aromatic carbocycles. The zero-order chi connectivity index (χ0) is 10.7. The number of rotatable bonds is 3. The van der Waals surface area contributed by atoms with Crippen LogP contribution >= 0.6 is 0 Å². The van der Waals surface area contributed by atoms with E-state index in [2.05, 4.69) is 20.5 Å². The first-order valence-corrected chi connectivity index (χ1v) is 4.16. The van der Waals surface area contributed by atoms with Gasteiger partial charge in [0, 0.05) is 6.20 Å². The first kappa shape index (κ1) is 9.25. The predicted molar refractivity (Wildman–Crippen MR) is 48.3 cm³/mol. The molecule has 2 rings (SSSR count). The second-order valence-electron chi connectivity index (χ2n) is 2.79. The second-order valence-corrected chi connectivity index (χ2v) is 2.79. The maximum absolute atomic E-state index is 10.6.